The summed E-state index contributed by atoms with van der Waals surface area (Å²) in [5.41, 5.74) is 4.89. The highest BCUT2D eigenvalue weighted by atomic mass is 19.1. The fourth-order valence-corrected chi connectivity index (χ4v) is 3.13. The molecule has 1 aromatic carbocycles. The van der Waals surface area contributed by atoms with Gasteiger partial charge in [0.15, 0.2) is 0 Å². The van der Waals surface area contributed by atoms with Crippen molar-refractivity contribution in [1.29, 1.82) is 0 Å². The summed E-state index contributed by atoms with van der Waals surface area (Å²) in [6, 6.07) is 4.27. The summed E-state index contributed by atoms with van der Waals surface area (Å²) in [4.78, 5) is 11.4. The lowest BCUT2D eigenvalue weighted by Crippen LogP contribution is -2.41. The maximum atomic E-state index is 13.7. The Hall–Kier alpha value is -1.66. The first-order chi connectivity index (χ1) is 10.1. The van der Waals surface area contributed by atoms with E-state index in [4.69, 9.17) is 15.2 Å². The number of halogens is 1. The standard InChI is InChI=1S/C15H19FN2O3/c16-11-2-1-3-12(13(11)14(17)19)21-10-8-15(20-9-10)4-6-18-7-5-15/h1-3,10,18H,4-9H2,(H2,17,19). The van der Waals surface area contributed by atoms with E-state index in [1.807, 2.05) is 0 Å². The second kappa shape index (κ2) is 5.61. The first kappa shape index (κ1) is 14.3. The van der Waals surface area contributed by atoms with Crippen LogP contribution in [0.15, 0.2) is 18.2 Å². The van der Waals surface area contributed by atoms with Crippen LogP contribution in [-0.2, 0) is 4.74 Å². The van der Waals surface area contributed by atoms with E-state index < -0.39 is 11.7 Å². The number of benzene rings is 1. The van der Waals surface area contributed by atoms with Gasteiger partial charge in [0, 0.05) is 6.42 Å². The van der Waals surface area contributed by atoms with Crippen molar-refractivity contribution in [2.24, 2.45) is 5.73 Å². The van der Waals surface area contributed by atoms with Crippen LogP contribution in [0.25, 0.3) is 0 Å². The summed E-state index contributed by atoms with van der Waals surface area (Å²) in [5.74, 6) is -1.28. The Morgan fingerprint density at radius 1 is 1.43 bits per heavy atom. The van der Waals surface area contributed by atoms with E-state index in [-0.39, 0.29) is 23.0 Å². The second-order valence-electron chi connectivity index (χ2n) is 5.67. The first-order valence-electron chi connectivity index (χ1n) is 7.19. The molecule has 2 aliphatic heterocycles. The van der Waals surface area contributed by atoms with Gasteiger partial charge in [0.1, 0.15) is 23.2 Å². The van der Waals surface area contributed by atoms with Gasteiger partial charge < -0.3 is 20.5 Å². The molecule has 1 amide bonds. The Morgan fingerprint density at radius 3 is 2.90 bits per heavy atom. The van der Waals surface area contributed by atoms with Gasteiger partial charge >= 0.3 is 0 Å². The minimum Gasteiger partial charge on any atom is -0.487 e. The fraction of sp³-hybridized carbons (Fsp3) is 0.533. The van der Waals surface area contributed by atoms with E-state index in [1.165, 1.54) is 12.1 Å². The van der Waals surface area contributed by atoms with Gasteiger partial charge in [0.2, 0.25) is 0 Å². The zero-order valence-electron chi connectivity index (χ0n) is 11.7. The molecule has 1 unspecified atom stereocenters. The molecule has 6 heteroatoms. The van der Waals surface area contributed by atoms with E-state index in [0.29, 0.717) is 6.61 Å². The molecule has 2 saturated heterocycles. The summed E-state index contributed by atoms with van der Waals surface area (Å²) < 4.78 is 25.4. The van der Waals surface area contributed by atoms with Gasteiger partial charge in [-0.15, -0.1) is 0 Å². The molecule has 2 heterocycles. The van der Waals surface area contributed by atoms with Gasteiger partial charge in [-0.25, -0.2) is 4.39 Å². The molecule has 0 saturated carbocycles. The molecule has 3 N–H and O–H groups in total. The van der Waals surface area contributed by atoms with Gasteiger partial charge in [-0.2, -0.15) is 0 Å². The van der Waals surface area contributed by atoms with Crippen LogP contribution in [0.2, 0.25) is 0 Å². The van der Waals surface area contributed by atoms with Crippen LogP contribution in [0.4, 0.5) is 4.39 Å². The van der Waals surface area contributed by atoms with E-state index in [2.05, 4.69) is 5.32 Å². The average molecular weight is 294 g/mol. The van der Waals surface area contributed by atoms with Crippen LogP contribution in [0.5, 0.6) is 5.75 Å². The molecule has 2 aliphatic rings. The van der Waals surface area contributed by atoms with Crippen molar-refractivity contribution in [3.8, 4) is 5.75 Å². The number of nitrogens with two attached hydrogens (primary N) is 1. The zero-order valence-corrected chi connectivity index (χ0v) is 11.7. The molecule has 0 bridgehead atoms. The highest BCUT2D eigenvalue weighted by molar-refractivity contribution is 5.95. The summed E-state index contributed by atoms with van der Waals surface area (Å²) >= 11 is 0. The van der Waals surface area contributed by atoms with Crippen molar-refractivity contribution in [1.82, 2.24) is 5.32 Å². The number of nitrogens with one attached hydrogen (secondary N) is 1. The van der Waals surface area contributed by atoms with Crippen LogP contribution >= 0.6 is 0 Å². The van der Waals surface area contributed by atoms with E-state index in [0.717, 1.165) is 32.4 Å². The summed E-state index contributed by atoms with van der Waals surface area (Å²) in [7, 11) is 0. The number of primary amides is 1. The van der Waals surface area contributed by atoms with E-state index in [1.54, 1.807) is 6.07 Å². The number of carbonyl (C=O) groups is 1. The number of carbonyl (C=O) groups excluding carboxylic acids is 1. The average Bonchev–Trinajstić information content (AvgIpc) is 2.82. The van der Waals surface area contributed by atoms with Crippen LogP contribution < -0.4 is 15.8 Å². The molecule has 3 rings (SSSR count). The Labute approximate surface area is 122 Å². The van der Waals surface area contributed by atoms with Gasteiger partial charge in [-0.1, -0.05) is 6.07 Å². The minimum absolute atomic E-state index is 0.143. The van der Waals surface area contributed by atoms with Crippen LogP contribution in [0, 0.1) is 5.82 Å². The maximum absolute atomic E-state index is 13.7. The number of hydrogen-bond acceptors (Lipinski definition) is 4. The van der Waals surface area contributed by atoms with Crippen molar-refractivity contribution < 1.29 is 18.7 Å². The van der Waals surface area contributed by atoms with Crippen LogP contribution in [-0.4, -0.2) is 37.3 Å². The molecule has 0 aliphatic carbocycles. The van der Waals surface area contributed by atoms with Crippen molar-refractivity contribution in [2.75, 3.05) is 19.7 Å². The SMILES string of the molecule is NC(=O)c1c(F)cccc1OC1COC2(CCNCC2)C1. The third kappa shape index (κ3) is 2.87. The Morgan fingerprint density at radius 2 is 2.19 bits per heavy atom. The number of rotatable bonds is 3. The van der Waals surface area contributed by atoms with Gasteiger partial charge in [0.25, 0.3) is 5.91 Å². The topological polar surface area (TPSA) is 73.6 Å². The van der Waals surface area contributed by atoms with Crippen molar-refractivity contribution in [3.63, 3.8) is 0 Å². The Bertz CT molecular complexity index is 544. The monoisotopic (exact) mass is 294 g/mol. The fourth-order valence-electron chi connectivity index (χ4n) is 3.13. The third-order valence-corrected chi connectivity index (χ3v) is 4.21. The largest absolute Gasteiger partial charge is 0.487 e. The molecule has 0 radical (unpaired) electrons. The highest BCUT2D eigenvalue weighted by Crippen LogP contribution is 2.36. The van der Waals surface area contributed by atoms with Crippen LogP contribution in [0.1, 0.15) is 29.6 Å². The third-order valence-electron chi connectivity index (χ3n) is 4.21. The molecule has 1 atom stereocenters. The molecule has 1 spiro atoms. The maximum Gasteiger partial charge on any atom is 0.255 e. The molecular weight excluding hydrogens is 275 g/mol. The predicted molar refractivity (Wildman–Crippen MR) is 74.7 cm³/mol. The Kier molecular flexibility index (Phi) is 3.82. The van der Waals surface area contributed by atoms with E-state index >= 15 is 0 Å². The lowest BCUT2D eigenvalue weighted by molar-refractivity contribution is -0.0205. The molecule has 114 valence electrons. The number of hydrogen-bond donors (Lipinski definition) is 2. The number of ether oxygens (including phenoxy) is 2. The lowest BCUT2D eigenvalue weighted by atomic mass is 9.89. The molecular formula is C15H19FN2O3. The van der Waals surface area contributed by atoms with Crippen LogP contribution in [0.3, 0.4) is 0 Å². The summed E-state index contributed by atoms with van der Waals surface area (Å²) in [5, 5.41) is 3.30. The minimum atomic E-state index is -0.821. The smallest absolute Gasteiger partial charge is 0.255 e. The number of piperidine rings is 1. The normalized spacial score (nSPS) is 24.1. The Balaban J connectivity index is 1.73. The molecule has 2 fully saturated rings. The summed E-state index contributed by atoms with van der Waals surface area (Å²) in [6.07, 6.45) is 2.46. The molecule has 1 aromatic rings. The van der Waals surface area contributed by atoms with Gasteiger partial charge in [-0.05, 0) is 38.1 Å². The van der Waals surface area contributed by atoms with Crippen molar-refractivity contribution in [2.45, 2.75) is 31.0 Å². The zero-order chi connectivity index (χ0) is 14.9. The van der Waals surface area contributed by atoms with Crippen molar-refractivity contribution in [3.05, 3.63) is 29.6 Å². The van der Waals surface area contributed by atoms with E-state index in [9.17, 15) is 9.18 Å². The predicted octanol–water partition coefficient (Wildman–Crippen LogP) is 1.21. The summed E-state index contributed by atoms with van der Waals surface area (Å²) in [6.45, 7) is 2.31. The van der Waals surface area contributed by atoms with Gasteiger partial charge in [-0.3, -0.25) is 4.79 Å². The molecule has 5 nitrogen and oxygen atoms in total. The molecule has 0 aromatic heterocycles. The molecule has 21 heavy (non-hydrogen) atoms. The lowest BCUT2D eigenvalue weighted by Gasteiger charge is -2.32. The highest BCUT2D eigenvalue weighted by Gasteiger charge is 2.42. The second-order valence-corrected chi connectivity index (χ2v) is 5.67. The van der Waals surface area contributed by atoms with Crippen molar-refractivity contribution >= 4 is 5.91 Å². The quantitative estimate of drug-likeness (QED) is 0.879. The number of amides is 1. The first-order valence-corrected chi connectivity index (χ1v) is 7.19. The van der Waals surface area contributed by atoms with Gasteiger partial charge in [0.05, 0.1) is 12.2 Å².